The van der Waals surface area contributed by atoms with E-state index in [1.54, 1.807) is 7.05 Å². The summed E-state index contributed by atoms with van der Waals surface area (Å²) in [6, 6.07) is 5.50. The highest BCUT2D eigenvalue weighted by Crippen LogP contribution is 2.31. The van der Waals surface area contributed by atoms with Crippen molar-refractivity contribution >= 4 is 17.5 Å². The molecule has 1 heterocycles. The number of carbonyl (C=O) groups excluding carboxylic acids is 2. The van der Waals surface area contributed by atoms with Crippen molar-refractivity contribution < 1.29 is 9.59 Å². The summed E-state index contributed by atoms with van der Waals surface area (Å²) in [5, 5.41) is 8.48. The Hall–Kier alpha value is -1.88. The highest BCUT2D eigenvalue weighted by atomic mass is 16.2. The fourth-order valence-electron chi connectivity index (χ4n) is 2.04. The number of fused-ring (bicyclic) bond motifs is 1. The summed E-state index contributed by atoms with van der Waals surface area (Å²) in [4.78, 5) is 22.9. The SMILES string of the molecule is CNC(=O)CCNC1C(=O)Nc2ccc(C)cc21. The number of amides is 2. The predicted octanol–water partition coefficient (Wildman–Crippen LogP) is 0.714. The first-order valence-corrected chi connectivity index (χ1v) is 5.97. The molecular formula is C13H17N3O2. The quantitative estimate of drug-likeness (QED) is 0.734. The van der Waals surface area contributed by atoms with Crippen LogP contribution in [0.1, 0.15) is 23.6 Å². The van der Waals surface area contributed by atoms with Gasteiger partial charge in [0.25, 0.3) is 0 Å². The number of rotatable bonds is 4. The highest BCUT2D eigenvalue weighted by Gasteiger charge is 2.29. The first kappa shape index (κ1) is 12.6. The zero-order valence-corrected chi connectivity index (χ0v) is 10.5. The molecule has 0 bridgehead atoms. The van der Waals surface area contributed by atoms with E-state index in [1.165, 1.54) is 0 Å². The van der Waals surface area contributed by atoms with Crippen molar-refractivity contribution in [3.8, 4) is 0 Å². The molecule has 0 aliphatic carbocycles. The predicted molar refractivity (Wildman–Crippen MR) is 69.2 cm³/mol. The summed E-state index contributed by atoms with van der Waals surface area (Å²) >= 11 is 0. The van der Waals surface area contributed by atoms with Gasteiger partial charge in [0, 0.05) is 31.3 Å². The van der Waals surface area contributed by atoms with Crippen LogP contribution in [0.3, 0.4) is 0 Å². The van der Waals surface area contributed by atoms with Crippen molar-refractivity contribution in [2.24, 2.45) is 0 Å². The Morgan fingerprint density at radius 1 is 1.44 bits per heavy atom. The molecule has 3 N–H and O–H groups in total. The first-order valence-electron chi connectivity index (χ1n) is 5.97. The number of benzene rings is 1. The molecule has 5 nitrogen and oxygen atoms in total. The van der Waals surface area contributed by atoms with Gasteiger partial charge in [-0.3, -0.25) is 9.59 Å². The number of hydrogen-bond acceptors (Lipinski definition) is 3. The minimum atomic E-state index is -0.357. The second-order valence-corrected chi connectivity index (χ2v) is 4.39. The molecule has 1 aliphatic heterocycles. The highest BCUT2D eigenvalue weighted by molar-refractivity contribution is 6.02. The van der Waals surface area contributed by atoms with E-state index in [-0.39, 0.29) is 17.9 Å². The topological polar surface area (TPSA) is 70.2 Å². The maximum absolute atomic E-state index is 11.8. The molecule has 18 heavy (non-hydrogen) atoms. The molecule has 0 spiro atoms. The monoisotopic (exact) mass is 247 g/mol. The van der Waals surface area contributed by atoms with Gasteiger partial charge in [-0.05, 0) is 13.0 Å². The standard InChI is InChI=1S/C13H17N3O2/c1-8-3-4-10-9(7-8)12(13(18)16-10)15-6-5-11(17)14-2/h3-4,7,12,15H,5-6H2,1-2H3,(H,14,17)(H,16,18). The summed E-state index contributed by atoms with van der Waals surface area (Å²) in [5.41, 5.74) is 2.92. The van der Waals surface area contributed by atoms with E-state index >= 15 is 0 Å². The van der Waals surface area contributed by atoms with Gasteiger partial charge in [0.2, 0.25) is 11.8 Å². The summed E-state index contributed by atoms with van der Waals surface area (Å²) in [6.45, 7) is 2.47. The lowest BCUT2D eigenvalue weighted by molar-refractivity contribution is -0.121. The van der Waals surface area contributed by atoms with Crippen molar-refractivity contribution in [1.29, 1.82) is 0 Å². The number of anilines is 1. The molecule has 2 rings (SSSR count). The normalized spacial score (nSPS) is 17.2. The van der Waals surface area contributed by atoms with Gasteiger partial charge in [-0.1, -0.05) is 17.7 Å². The van der Waals surface area contributed by atoms with Crippen molar-refractivity contribution in [2.45, 2.75) is 19.4 Å². The van der Waals surface area contributed by atoms with Gasteiger partial charge in [0.1, 0.15) is 6.04 Å². The summed E-state index contributed by atoms with van der Waals surface area (Å²) < 4.78 is 0. The van der Waals surface area contributed by atoms with E-state index in [4.69, 9.17) is 0 Å². The second-order valence-electron chi connectivity index (χ2n) is 4.39. The van der Waals surface area contributed by atoms with Crippen LogP contribution in [-0.2, 0) is 9.59 Å². The molecule has 0 saturated carbocycles. The zero-order valence-electron chi connectivity index (χ0n) is 10.5. The molecule has 1 aliphatic rings. The van der Waals surface area contributed by atoms with E-state index in [0.29, 0.717) is 13.0 Å². The van der Waals surface area contributed by atoms with Gasteiger partial charge in [0.15, 0.2) is 0 Å². The third kappa shape index (κ3) is 2.51. The Kier molecular flexibility index (Phi) is 3.62. The van der Waals surface area contributed by atoms with Gasteiger partial charge >= 0.3 is 0 Å². The molecule has 1 aromatic carbocycles. The third-order valence-electron chi connectivity index (χ3n) is 3.02. The molecule has 1 unspecified atom stereocenters. The molecule has 0 saturated heterocycles. The Labute approximate surface area is 106 Å². The molecule has 1 atom stereocenters. The van der Waals surface area contributed by atoms with Crippen LogP contribution in [0.25, 0.3) is 0 Å². The number of aryl methyl sites for hydroxylation is 1. The first-order chi connectivity index (χ1) is 8.61. The van der Waals surface area contributed by atoms with Crippen LogP contribution in [0.4, 0.5) is 5.69 Å². The largest absolute Gasteiger partial charge is 0.359 e. The van der Waals surface area contributed by atoms with Gasteiger partial charge in [-0.25, -0.2) is 0 Å². The number of hydrogen-bond donors (Lipinski definition) is 3. The lowest BCUT2D eigenvalue weighted by Crippen LogP contribution is -2.31. The second kappa shape index (κ2) is 5.18. The van der Waals surface area contributed by atoms with E-state index in [2.05, 4.69) is 16.0 Å². The van der Waals surface area contributed by atoms with Crippen LogP contribution in [0.5, 0.6) is 0 Å². The van der Waals surface area contributed by atoms with Crippen LogP contribution >= 0.6 is 0 Å². The van der Waals surface area contributed by atoms with Crippen molar-refractivity contribution in [3.05, 3.63) is 29.3 Å². The van der Waals surface area contributed by atoms with E-state index in [0.717, 1.165) is 16.8 Å². The molecule has 0 fully saturated rings. The van der Waals surface area contributed by atoms with Crippen molar-refractivity contribution in [3.63, 3.8) is 0 Å². The molecular weight excluding hydrogens is 230 g/mol. The van der Waals surface area contributed by atoms with Crippen LogP contribution in [-0.4, -0.2) is 25.4 Å². The molecule has 0 aromatic heterocycles. The fourth-order valence-corrected chi connectivity index (χ4v) is 2.04. The third-order valence-corrected chi connectivity index (χ3v) is 3.02. The van der Waals surface area contributed by atoms with E-state index in [9.17, 15) is 9.59 Å². The molecule has 96 valence electrons. The van der Waals surface area contributed by atoms with Crippen LogP contribution < -0.4 is 16.0 Å². The summed E-state index contributed by atoms with van der Waals surface area (Å²) in [6.07, 6.45) is 0.363. The van der Waals surface area contributed by atoms with Crippen molar-refractivity contribution in [1.82, 2.24) is 10.6 Å². The minimum Gasteiger partial charge on any atom is -0.359 e. The molecule has 5 heteroatoms. The zero-order chi connectivity index (χ0) is 13.1. The lowest BCUT2D eigenvalue weighted by atomic mass is 10.1. The maximum Gasteiger partial charge on any atom is 0.246 e. The lowest BCUT2D eigenvalue weighted by Gasteiger charge is -2.11. The van der Waals surface area contributed by atoms with Crippen LogP contribution in [0, 0.1) is 6.92 Å². The molecule has 2 amide bonds. The average Bonchev–Trinajstić information content (AvgIpc) is 2.65. The van der Waals surface area contributed by atoms with Crippen LogP contribution in [0.2, 0.25) is 0 Å². The fraction of sp³-hybridized carbons (Fsp3) is 0.385. The van der Waals surface area contributed by atoms with Gasteiger partial charge < -0.3 is 16.0 Å². The Morgan fingerprint density at radius 2 is 2.22 bits per heavy atom. The van der Waals surface area contributed by atoms with Crippen molar-refractivity contribution in [2.75, 3.05) is 18.9 Å². The average molecular weight is 247 g/mol. The Balaban J connectivity index is 2.04. The summed E-state index contributed by atoms with van der Waals surface area (Å²) in [7, 11) is 1.60. The molecule has 1 aromatic rings. The van der Waals surface area contributed by atoms with E-state index < -0.39 is 0 Å². The maximum atomic E-state index is 11.8. The van der Waals surface area contributed by atoms with Crippen LogP contribution in [0.15, 0.2) is 18.2 Å². The number of carbonyl (C=O) groups is 2. The summed E-state index contributed by atoms with van der Waals surface area (Å²) in [5.74, 6) is -0.0992. The van der Waals surface area contributed by atoms with E-state index in [1.807, 2.05) is 25.1 Å². The van der Waals surface area contributed by atoms with Gasteiger partial charge in [0.05, 0.1) is 0 Å². The Morgan fingerprint density at radius 3 is 2.94 bits per heavy atom. The minimum absolute atomic E-state index is 0.0367. The Bertz CT molecular complexity index is 485. The smallest absolute Gasteiger partial charge is 0.246 e. The number of nitrogens with one attached hydrogen (secondary N) is 3. The van der Waals surface area contributed by atoms with Gasteiger partial charge in [-0.15, -0.1) is 0 Å². The molecule has 0 radical (unpaired) electrons. The van der Waals surface area contributed by atoms with Gasteiger partial charge in [-0.2, -0.15) is 0 Å².